The van der Waals surface area contributed by atoms with Crippen molar-refractivity contribution >= 4 is 11.3 Å². The smallest absolute Gasteiger partial charge is 0.141 e. The van der Waals surface area contributed by atoms with Crippen LogP contribution in [0.5, 0.6) is 0 Å². The number of rotatable bonds is 4. The highest BCUT2D eigenvalue weighted by Crippen LogP contribution is 2.32. The van der Waals surface area contributed by atoms with E-state index < -0.39 is 5.82 Å². The number of nitrogens with zero attached hydrogens (tertiary/aromatic N) is 1. The number of anilines is 1. The largest absolute Gasteiger partial charge is 0.398 e. The van der Waals surface area contributed by atoms with Gasteiger partial charge in [0.15, 0.2) is 0 Å². The highest BCUT2D eigenvalue weighted by atomic mass is 19.1. The van der Waals surface area contributed by atoms with Crippen molar-refractivity contribution in [1.29, 1.82) is 5.26 Å². The zero-order valence-electron chi connectivity index (χ0n) is 18.9. The number of hydrogen-bond donors (Lipinski definition) is 1. The molecule has 0 amide bonds. The highest BCUT2D eigenvalue weighted by molar-refractivity contribution is 5.85. The second-order valence-electron chi connectivity index (χ2n) is 8.43. The zero-order valence-corrected chi connectivity index (χ0v) is 18.9. The molecular weight excluding hydrogens is 371 g/mol. The van der Waals surface area contributed by atoms with Crippen LogP contribution in [0.3, 0.4) is 0 Å². The minimum atomic E-state index is -0.479. The summed E-state index contributed by atoms with van der Waals surface area (Å²) in [6.07, 6.45) is 11.5. The Balaban J connectivity index is 0.000000386. The molecule has 0 unspecified atom stereocenters. The number of nitrogen functional groups attached to an aromatic ring is 1. The van der Waals surface area contributed by atoms with Gasteiger partial charge in [0, 0.05) is 5.69 Å². The summed E-state index contributed by atoms with van der Waals surface area (Å²) in [5, 5.41) is 9.13. The molecule has 1 aliphatic rings. The summed E-state index contributed by atoms with van der Waals surface area (Å²) in [6, 6.07) is 10.8. The van der Waals surface area contributed by atoms with Crippen molar-refractivity contribution in [3.8, 4) is 6.07 Å². The number of nitriles is 1. The first-order valence-corrected chi connectivity index (χ1v) is 11.1. The lowest BCUT2D eigenvalue weighted by Gasteiger charge is -2.16. The molecule has 2 aromatic carbocycles. The minimum absolute atomic E-state index is 0.0644. The van der Waals surface area contributed by atoms with Gasteiger partial charge in [-0.3, -0.25) is 0 Å². The van der Waals surface area contributed by atoms with Crippen molar-refractivity contribution in [2.75, 3.05) is 5.73 Å². The molecule has 0 bridgehead atoms. The van der Waals surface area contributed by atoms with E-state index in [1.807, 2.05) is 38.1 Å². The summed E-state index contributed by atoms with van der Waals surface area (Å²) in [7, 11) is 0. The molecule has 2 aromatic rings. The molecule has 2 nitrogen and oxygen atoms in total. The zero-order chi connectivity index (χ0) is 22.1. The summed E-state index contributed by atoms with van der Waals surface area (Å²) in [5.41, 5.74) is 11.6. The number of benzene rings is 2. The van der Waals surface area contributed by atoms with Gasteiger partial charge >= 0.3 is 0 Å². The average Bonchev–Trinajstić information content (AvgIpc) is 2.73. The lowest BCUT2D eigenvalue weighted by atomic mass is 9.89. The standard InChI is InChI=1S/C20H21FN2.C7H14/c1-4-5-7-17(16-8-6-9-20(23)14(16)3)18-11-15(12-22)19(21)10-13(18)2;1-7-5-3-2-4-6-7/h6-11H,4-5,23H2,1-3H3;7H,2-6H2,1H3/b17-7-;. The van der Waals surface area contributed by atoms with Crippen LogP contribution in [0.4, 0.5) is 10.1 Å². The Morgan fingerprint density at radius 1 is 1.17 bits per heavy atom. The van der Waals surface area contributed by atoms with Gasteiger partial charge in [-0.2, -0.15) is 5.26 Å². The fourth-order valence-electron chi connectivity index (χ4n) is 3.95. The number of unbranched alkanes of at least 4 members (excludes halogenated alkanes) is 1. The van der Waals surface area contributed by atoms with Gasteiger partial charge in [0.1, 0.15) is 11.9 Å². The third kappa shape index (κ3) is 6.20. The van der Waals surface area contributed by atoms with Gasteiger partial charge in [0.05, 0.1) is 5.56 Å². The van der Waals surface area contributed by atoms with Gasteiger partial charge in [-0.25, -0.2) is 4.39 Å². The predicted molar refractivity (Wildman–Crippen MR) is 126 cm³/mol. The number of aryl methyl sites for hydroxylation is 1. The quantitative estimate of drug-likeness (QED) is 0.528. The number of hydrogen-bond acceptors (Lipinski definition) is 2. The molecule has 1 aliphatic carbocycles. The molecule has 30 heavy (non-hydrogen) atoms. The van der Waals surface area contributed by atoms with E-state index in [9.17, 15) is 4.39 Å². The number of halogens is 1. The Labute approximate surface area is 181 Å². The third-order valence-electron chi connectivity index (χ3n) is 5.92. The Hall–Kier alpha value is -2.60. The van der Waals surface area contributed by atoms with Crippen molar-refractivity contribution < 1.29 is 4.39 Å². The van der Waals surface area contributed by atoms with Crippen LogP contribution in [0.1, 0.15) is 86.6 Å². The molecule has 3 heteroatoms. The Morgan fingerprint density at radius 3 is 2.43 bits per heavy atom. The van der Waals surface area contributed by atoms with E-state index in [1.165, 1.54) is 38.2 Å². The summed E-state index contributed by atoms with van der Waals surface area (Å²) in [4.78, 5) is 0. The van der Waals surface area contributed by atoms with Gasteiger partial charge < -0.3 is 5.73 Å². The van der Waals surface area contributed by atoms with Crippen LogP contribution in [-0.4, -0.2) is 0 Å². The molecule has 2 N–H and O–H groups in total. The lowest BCUT2D eigenvalue weighted by molar-refractivity contribution is 0.385. The van der Waals surface area contributed by atoms with Gasteiger partial charge in [-0.15, -0.1) is 0 Å². The van der Waals surface area contributed by atoms with E-state index in [0.717, 1.165) is 52.3 Å². The molecule has 0 heterocycles. The second kappa shape index (κ2) is 11.6. The molecule has 0 atom stereocenters. The first kappa shape index (κ1) is 23.7. The van der Waals surface area contributed by atoms with E-state index in [-0.39, 0.29) is 5.56 Å². The molecule has 3 rings (SSSR count). The van der Waals surface area contributed by atoms with E-state index in [0.29, 0.717) is 0 Å². The van der Waals surface area contributed by atoms with Gasteiger partial charge in [-0.1, -0.05) is 70.6 Å². The van der Waals surface area contributed by atoms with Crippen molar-refractivity contribution in [2.24, 2.45) is 5.92 Å². The third-order valence-corrected chi connectivity index (χ3v) is 5.92. The topological polar surface area (TPSA) is 49.8 Å². The molecule has 1 saturated carbocycles. The molecule has 0 spiro atoms. The molecule has 1 fully saturated rings. The molecular formula is C27H35FN2. The van der Waals surface area contributed by atoms with Crippen LogP contribution < -0.4 is 5.73 Å². The number of nitrogens with two attached hydrogens (primary N) is 1. The SMILES string of the molecule is CC1CCCCC1.CCC/C=C(\c1cc(C#N)c(F)cc1C)c1cccc(N)c1C. The van der Waals surface area contributed by atoms with Crippen LogP contribution >= 0.6 is 0 Å². The second-order valence-corrected chi connectivity index (χ2v) is 8.43. The van der Waals surface area contributed by atoms with E-state index in [4.69, 9.17) is 11.0 Å². The fourth-order valence-corrected chi connectivity index (χ4v) is 3.95. The van der Waals surface area contributed by atoms with Crippen molar-refractivity contribution in [3.05, 3.63) is 70.0 Å². The summed E-state index contributed by atoms with van der Waals surface area (Å²) >= 11 is 0. The number of allylic oxidation sites excluding steroid dienone is 1. The van der Waals surface area contributed by atoms with Crippen LogP contribution in [0.25, 0.3) is 5.57 Å². The normalized spacial score (nSPS) is 14.6. The van der Waals surface area contributed by atoms with Crippen LogP contribution in [0.15, 0.2) is 36.4 Å². The van der Waals surface area contributed by atoms with Gasteiger partial charge in [0.25, 0.3) is 0 Å². The van der Waals surface area contributed by atoms with E-state index in [1.54, 1.807) is 6.07 Å². The Bertz CT molecular complexity index is 915. The molecule has 0 radical (unpaired) electrons. The maximum Gasteiger partial charge on any atom is 0.141 e. The minimum Gasteiger partial charge on any atom is -0.398 e. The van der Waals surface area contributed by atoms with E-state index in [2.05, 4.69) is 19.9 Å². The van der Waals surface area contributed by atoms with Gasteiger partial charge in [-0.05, 0) is 72.2 Å². The molecule has 0 aromatic heterocycles. The molecule has 0 aliphatic heterocycles. The lowest BCUT2D eigenvalue weighted by Crippen LogP contribution is -2.00. The maximum absolute atomic E-state index is 13.8. The highest BCUT2D eigenvalue weighted by Gasteiger charge is 2.14. The Morgan fingerprint density at radius 2 is 1.87 bits per heavy atom. The van der Waals surface area contributed by atoms with Crippen molar-refractivity contribution in [2.45, 2.75) is 72.6 Å². The molecule has 160 valence electrons. The van der Waals surface area contributed by atoms with E-state index >= 15 is 0 Å². The predicted octanol–water partition coefficient (Wildman–Crippen LogP) is 7.71. The van der Waals surface area contributed by atoms with Crippen LogP contribution in [0.2, 0.25) is 0 Å². The molecule has 0 saturated heterocycles. The Kier molecular flexibility index (Phi) is 9.12. The summed E-state index contributed by atoms with van der Waals surface area (Å²) in [5.74, 6) is 0.557. The fraction of sp³-hybridized carbons (Fsp3) is 0.444. The first-order valence-electron chi connectivity index (χ1n) is 11.1. The van der Waals surface area contributed by atoms with Crippen molar-refractivity contribution in [1.82, 2.24) is 0 Å². The average molecular weight is 407 g/mol. The maximum atomic E-state index is 13.8. The summed E-state index contributed by atoms with van der Waals surface area (Å²) in [6.45, 7) is 8.31. The van der Waals surface area contributed by atoms with Crippen LogP contribution in [-0.2, 0) is 0 Å². The van der Waals surface area contributed by atoms with Crippen LogP contribution in [0, 0.1) is 36.9 Å². The van der Waals surface area contributed by atoms with Crippen molar-refractivity contribution in [3.63, 3.8) is 0 Å². The summed E-state index contributed by atoms with van der Waals surface area (Å²) < 4.78 is 13.8. The van der Waals surface area contributed by atoms with Gasteiger partial charge in [0.2, 0.25) is 0 Å². The first-order chi connectivity index (χ1) is 14.4. The monoisotopic (exact) mass is 406 g/mol.